The lowest BCUT2D eigenvalue weighted by molar-refractivity contribution is 0.274. The molecule has 0 fully saturated rings. The average Bonchev–Trinajstić information content (AvgIpc) is 2.39. The second kappa shape index (κ2) is 6.25. The topological polar surface area (TPSA) is 92.8 Å². The molecule has 0 unspecified atom stereocenters. The van der Waals surface area contributed by atoms with E-state index in [4.69, 9.17) is 10.8 Å². The Morgan fingerprint density at radius 3 is 2.86 bits per heavy atom. The van der Waals surface area contributed by atoms with Crippen LogP contribution >= 0.6 is 15.9 Å². The van der Waals surface area contributed by atoms with Gasteiger partial charge in [0.25, 0.3) is 0 Å². The van der Waals surface area contributed by atoms with Crippen LogP contribution in [0.3, 0.4) is 0 Å². The first-order chi connectivity index (χ1) is 10.2. The summed E-state index contributed by atoms with van der Waals surface area (Å²) < 4.78 is 39.9. The van der Waals surface area contributed by atoms with Crippen LogP contribution in [0.5, 0.6) is 0 Å². The molecule has 0 spiro atoms. The number of rotatable bonds is 4. The van der Waals surface area contributed by atoms with E-state index in [1.807, 2.05) is 0 Å². The molecule has 0 aromatic heterocycles. The molecule has 2 atom stereocenters. The highest BCUT2D eigenvalue weighted by Crippen LogP contribution is 2.40. The quantitative estimate of drug-likeness (QED) is 0.815. The van der Waals surface area contributed by atoms with Crippen molar-refractivity contribution >= 4 is 31.6 Å². The van der Waals surface area contributed by atoms with Crippen LogP contribution in [0.2, 0.25) is 0 Å². The Morgan fingerprint density at radius 1 is 1.55 bits per heavy atom. The highest BCUT2D eigenvalue weighted by Gasteiger charge is 2.48. The summed E-state index contributed by atoms with van der Waals surface area (Å²) in [5.41, 5.74) is 4.55. The first-order valence-electron chi connectivity index (χ1n) is 6.83. The van der Waals surface area contributed by atoms with Crippen molar-refractivity contribution in [2.75, 3.05) is 12.4 Å². The first-order valence-corrected chi connectivity index (χ1v) is 9.33. The van der Waals surface area contributed by atoms with Crippen LogP contribution in [-0.2, 0) is 15.4 Å². The number of amidine groups is 1. The number of sulfone groups is 1. The Labute approximate surface area is 137 Å². The number of hydrogen-bond donors (Lipinski definition) is 2. The number of halogens is 2. The van der Waals surface area contributed by atoms with E-state index in [1.54, 1.807) is 6.92 Å². The molecule has 1 aromatic rings. The maximum Gasteiger partial charge on any atom is 0.163 e. The maximum atomic E-state index is 14.3. The zero-order chi connectivity index (χ0) is 16.5. The molecule has 1 aliphatic rings. The van der Waals surface area contributed by atoms with E-state index in [2.05, 4.69) is 20.9 Å². The van der Waals surface area contributed by atoms with Crippen LogP contribution in [-0.4, -0.2) is 37.0 Å². The second-order valence-corrected chi connectivity index (χ2v) is 8.64. The Morgan fingerprint density at radius 2 is 2.23 bits per heavy atom. The fraction of sp³-hybridized carbons (Fsp3) is 0.500. The number of aliphatic hydroxyl groups is 1. The maximum absolute atomic E-state index is 14.3. The highest BCUT2D eigenvalue weighted by molar-refractivity contribution is 9.10. The van der Waals surface area contributed by atoms with E-state index in [1.165, 1.54) is 18.2 Å². The van der Waals surface area contributed by atoms with Crippen LogP contribution < -0.4 is 5.73 Å². The number of aliphatic hydroxyl groups excluding tert-OH is 1. The van der Waals surface area contributed by atoms with Gasteiger partial charge in [0.05, 0.1) is 5.25 Å². The lowest BCUT2D eigenvalue weighted by atomic mass is 9.86. The summed E-state index contributed by atoms with van der Waals surface area (Å²) in [5.74, 6) is -0.899. The molecule has 1 heterocycles. The van der Waals surface area contributed by atoms with Crippen molar-refractivity contribution in [3.8, 4) is 0 Å². The van der Waals surface area contributed by atoms with Gasteiger partial charge in [0.2, 0.25) is 0 Å². The summed E-state index contributed by atoms with van der Waals surface area (Å²) in [7, 11) is -3.58. The predicted octanol–water partition coefficient (Wildman–Crippen LogP) is 1.73. The molecule has 0 radical (unpaired) electrons. The van der Waals surface area contributed by atoms with Crippen molar-refractivity contribution in [1.29, 1.82) is 0 Å². The molecule has 0 saturated carbocycles. The standard InChI is InChI=1S/C14H18BrFN2O3S/c1-14(10-7-9(15)4-5-11(10)16)12(3-2-6-19)22(20,21)8-13(17)18-14/h4-5,7,12,19H,2-3,6,8H2,1H3,(H2,17,18)/t12-,14-/m1/s1. The Kier molecular flexibility index (Phi) is 4.93. The van der Waals surface area contributed by atoms with Gasteiger partial charge in [-0.25, -0.2) is 12.8 Å². The molecule has 0 amide bonds. The third-order valence-corrected chi connectivity index (χ3v) is 6.64. The summed E-state index contributed by atoms with van der Waals surface area (Å²) >= 11 is 3.27. The van der Waals surface area contributed by atoms with E-state index >= 15 is 0 Å². The zero-order valence-corrected chi connectivity index (χ0v) is 14.5. The molecular formula is C14H18BrFN2O3S. The third kappa shape index (κ3) is 3.18. The Hall–Kier alpha value is -0.990. The largest absolute Gasteiger partial charge is 0.396 e. The normalized spacial score (nSPS) is 27.5. The molecule has 0 aliphatic carbocycles. The van der Waals surface area contributed by atoms with Gasteiger partial charge in [0.1, 0.15) is 22.9 Å². The molecule has 1 aromatic carbocycles. The molecule has 0 saturated heterocycles. The number of nitrogens with two attached hydrogens (primary N) is 1. The first kappa shape index (κ1) is 17.4. The number of hydrogen-bond acceptors (Lipinski definition) is 5. The summed E-state index contributed by atoms with van der Waals surface area (Å²) in [6.45, 7) is 1.44. The van der Waals surface area contributed by atoms with Gasteiger partial charge in [0, 0.05) is 16.6 Å². The van der Waals surface area contributed by atoms with Gasteiger partial charge < -0.3 is 10.8 Å². The van der Waals surface area contributed by atoms with Crippen LogP contribution in [0, 0.1) is 5.82 Å². The molecule has 2 rings (SSSR count). The number of benzene rings is 1. The Bertz CT molecular complexity index is 708. The molecule has 1 aliphatic heterocycles. The van der Waals surface area contributed by atoms with Crippen molar-refractivity contribution in [1.82, 2.24) is 0 Å². The van der Waals surface area contributed by atoms with Gasteiger partial charge in [-0.3, -0.25) is 4.99 Å². The second-order valence-electron chi connectivity index (χ2n) is 5.54. The van der Waals surface area contributed by atoms with E-state index in [-0.39, 0.29) is 30.2 Å². The van der Waals surface area contributed by atoms with Crippen LogP contribution in [0.15, 0.2) is 27.7 Å². The summed E-state index contributed by atoms with van der Waals surface area (Å²) in [6.07, 6.45) is 0.489. The number of aliphatic imine (C=N–C) groups is 1. The molecule has 22 heavy (non-hydrogen) atoms. The minimum Gasteiger partial charge on any atom is -0.396 e. The van der Waals surface area contributed by atoms with Gasteiger partial charge in [0.15, 0.2) is 9.84 Å². The smallest absolute Gasteiger partial charge is 0.163 e. The lowest BCUT2D eigenvalue weighted by Crippen LogP contribution is -2.50. The zero-order valence-electron chi connectivity index (χ0n) is 12.1. The fourth-order valence-corrected chi connectivity index (χ4v) is 5.36. The van der Waals surface area contributed by atoms with Crippen LogP contribution in [0.1, 0.15) is 25.3 Å². The molecule has 5 nitrogen and oxygen atoms in total. The molecule has 8 heteroatoms. The summed E-state index contributed by atoms with van der Waals surface area (Å²) in [5, 5.41) is 8.09. The van der Waals surface area contributed by atoms with Crippen molar-refractivity contribution < 1.29 is 17.9 Å². The van der Waals surface area contributed by atoms with E-state index in [0.717, 1.165) is 0 Å². The van der Waals surface area contributed by atoms with E-state index in [0.29, 0.717) is 10.9 Å². The van der Waals surface area contributed by atoms with Crippen LogP contribution in [0.4, 0.5) is 4.39 Å². The van der Waals surface area contributed by atoms with Crippen LogP contribution in [0.25, 0.3) is 0 Å². The minimum atomic E-state index is -3.58. The van der Waals surface area contributed by atoms with Crippen molar-refractivity contribution in [2.24, 2.45) is 10.7 Å². The van der Waals surface area contributed by atoms with Gasteiger partial charge in [-0.05, 0) is 38.0 Å². The molecule has 3 N–H and O–H groups in total. The summed E-state index contributed by atoms with van der Waals surface area (Å²) in [4.78, 5) is 4.29. The third-order valence-electron chi connectivity index (χ3n) is 3.88. The molecule has 122 valence electrons. The minimum absolute atomic E-state index is 0.0258. The van der Waals surface area contributed by atoms with Crippen molar-refractivity contribution in [3.63, 3.8) is 0 Å². The van der Waals surface area contributed by atoms with Crippen molar-refractivity contribution in [3.05, 3.63) is 34.1 Å². The molecular weight excluding hydrogens is 375 g/mol. The molecule has 0 bridgehead atoms. The number of nitrogens with zero attached hydrogens (tertiary/aromatic N) is 1. The van der Waals surface area contributed by atoms with Gasteiger partial charge in [-0.1, -0.05) is 15.9 Å². The summed E-state index contributed by atoms with van der Waals surface area (Å²) in [6, 6.07) is 4.33. The van der Waals surface area contributed by atoms with Gasteiger partial charge in [-0.2, -0.15) is 0 Å². The van der Waals surface area contributed by atoms with Crippen molar-refractivity contribution in [2.45, 2.75) is 30.6 Å². The lowest BCUT2D eigenvalue weighted by Gasteiger charge is -2.38. The van der Waals surface area contributed by atoms with E-state index < -0.39 is 26.4 Å². The predicted molar refractivity (Wildman–Crippen MR) is 87.0 cm³/mol. The highest BCUT2D eigenvalue weighted by atomic mass is 79.9. The van der Waals surface area contributed by atoms with Gasteiger partial charge in [-0.15, -0.1) is 0 Å². The van der Waals surface area contributed by atoms with Gasteiger partial charge >= 0.3 is 0 Å². The monoisotopic (exact) mass is 392 g/mol. The average molecular weight is 393 g/mol. The SMILES string of the molecule is C[C@]1(c2cc(Br)ccc2F)N=C(N)CS(=O)(=O)[C@@H]1CCCO. The van der Waals surface area contributed by atoms with E-state index in [9.17, 15) is 12.8 Å². The Balaban J connectivity index is 2.64. The fourth-order valence-electron chi connectivity index (χ4n) is 2.92.